The smallest absolute Gasteiger partial charge is 0.394 e. The second kappa shape index (κ2) is 6.35. The van der Waals surface area contributed by atoms with E-state index in [4.69, 9.17) is 10.4 Å². The quantitative estimate of drug-likeness (QED) is 0.805. The van der Waals surface area contributed by atoms with Crippen LogP contribution in [0.1, 0.15) is 5.56 Å². The Balaban J connectivity index is 2.12. The van der Waals surface area contributed by atoms with Crippen molar-refractivity contribution in [1.29, 1.82) is 5.26 Å². The summed E-state index contributed by atoms with van der Waals surface area (Å²) < 4.78 is 52.1. The molecule has 0 spiro atoms. The van der Waals surface area contributed by atoms with E-state index >= 15 is 0 Å². The summed E-state index contributed by atoms with van der Waals surface area (Å²) in [5.74, 6) is -6.46. The second-order valence-electron chi connectivity index (χ2n) is 5.23. The number of anilines is 1. The fourth-order valence-corrected chi connectivity index (χ4v) is 2.44. The Hall–Kier alpha value is -2.83. The number of carboxylic acids is 1. The Kier molecular flexibility index (Phi) is 4.64. The van der Waals surface area contributed by atoms with Crippen LogP contribution in [-0.4, -0.2) is 41.3 Å². The molecule has 10 heteroatoms. The number of nitrogens with one attached hydrogen (secondary N) is 1. The Bertz CT molecular complexity index is 714. The SMILES string of the molecule is N#Cc1ccc(NC(=O)N2C[C@@H](C(F)(F)F)[C@H](C(=O)O)C2)cc1F. The third kappa shape index (κ3) is 3.56. The number of rotatable bonds is 2. The largest absolute Gasteiger partial charge is 0.481 e. The third-order valence-corrected chi connectivity index (χ3v) is 3.69. The van der Waals surface area contributed by atoms with Gasteiger partial charge in [-0.25, -0.2) is 9.18 Å². The fraction of sp³-hybridized carbons (Fsp3) is 0.357. The lowest BCUT2D eigenvalue weighted by molar-refractivity contribution is -0.187. The van der Waals surface area contributed by atoms with Gasteiger partial charge in [0.2, 0.25) is 0 Å². The van der Waals surface area contributed by atoms with E-state index in [1.165, 1.54) is 6.07 Å². The first-order valence-corrected chi connectivity index (χ1v) is 6.68. The summed E-state index contributed by atoms with van der Waals surface area (Å²) in [5, 5.41) is 19.7. The molecule has 2 amide bonds. The molecule has 1 aliphatic heterocycles. The van der Waals surface area contributed by atoms with Crippen LogP contribution < -0.4 is 5.32 Å². The normalized spacial score (nSPS) is 20.5. The fourth-order valence-electron chi connectivity index (χ4n) is 2.44. The molecule has 1 saturated heterocycles. The molecule has 128 valence electrons. The molecule has 0 unspecified atom stereocenters. The molecule has 2 atom stereocenters. The van der Waals surface area contributed by atoms with E-state index in [9.17, 15) is 27.2 Å². The van der Waals surface area contributed by atoms with Gasteiger partial charge in [-0.15, -0.1) is 0 Å². The van der Waals surface area contributed by atoms with Gasteiger partial charge < -0.3 is 15.3 Å². The van der Waals surface area contributed by atoms with Crippen molar-refractivity contribution in [2.45, 2.75) is 6.18 Å². The topological polar surface area (TPSA) is 93.4 Å². The highest BCUT2D eigenvalue weighted by Crippen LogP contribution is 2.37. The van der Waals surface area contributed by atoms with E-state index in [1.807, 2.05) is 0 Å². The summed E-state index contributed by atoms with van der Waals surface area (Å²) in [4.78, 5) is 23.7. The number of urea groups is 1. The van der Waals surface area contributed by atoms with E-state index in [0.29, 0.717) is 4.90 Å². The van der Waals surface area contributed by atoms with Crippen LogP contribution in [0.5, 0.6) is 0 Å². The first kappa shape index (κ1) is 17.5. The Labute approximate surface area is 133 Å². The van der Waals surface area contributed by atoms with Crippen LogP contribution in [0, 0.1) is 29.0 Å². The minimum absolute atomic E-state index is 0.0566. The maximum absolute atomic E-state index is 13.5. The number of likely N-dealkylation sites (tertiary alicyclic amines) is 1. The van der Waals surface area contributed by atoms with E-state index < -0.39 is 48.9 Å². The van der Waals surface area contributed by atoms with Crippen LogP contribution in [0.3, 0.4) is 0 Å². The molecule has 2 rings (SSSR count). The molecule has 0 aliphatic carbocycles. The summed E-state index contributed by atoms with van der Waals surface area (Å²) in [6.45, 7) is -1.41. The standard InChI is InChI=1S/C14H11F4N3O3/c15-11-3-8(2-1-7(11)4-19)20-13(24)21-5-9(12(22)23)10(6-21)14(16,17)18/h1-3,9-10H,5-6H2,(H,20,24)(H,22,23)/t9-,10-/m1/s1. The second-order valence-corrected chi connectivity index (χ2v) is 5.23. The van der Waals surface area contributed by atoms with Crippen molar-refractivity contribution >= 4 is 17.7 Å². The number of carboxylic acid groups (broad SMARTS) is 1. The molecule has 2 N–H and O–H groups in total. The molecule has 1 fully saturated rings. The Morgan fingerprint density at radius 2 is 2.00 bits per heavy atom. The van der Waals surface area contributed by atoms with Crippen molar-refractivity contribution in [2.75, 3.05) is 18.4 Å². The highest BCUT2D eigenvalue weighted by Gasteiger charge is 2.53. The van der Waals surface area contributed by atoms with Crippen LogP contribution in [0.4, 0.5) is 28.0 Å². The maximum Gasteiger partial charge on any atom is 0.394 e. The molecule has 24 heavy (non-hydrogen) atoms. The average molecular weight is 345 g/mol. The van der Waals surface area contributed by atoms with Crippen molar-refractivity contribution in [2.24, 2.45) is 11.8 Å². The zero-order chi connectivity index (χ0) is 18.1. The summed E-state index contributed by atoms with van der Waals surface area (Å²) in [5.41, 5.74) is -0.309. The van der Waals surface area contributed by atoms with Crippen molar-refractivity contribution in [3.8, 4) is 6.07 Å². The molecular formula is C14H11F4N3O3. The lowest BCUT2D eigenvalue weighted by atomic mass is 9.96. The van der Waals surface area contributed by atoms with Gasteiger partial charge in [-0.1, -0.05) is 0 Å². The van der Waals surface area contributed by atoms with E-state index in [-0.39, 0.29) is 11.3 Å². The van der Waals surface area contributed by atoms with Gasteiger partial charge in [0.1, 0.15) is 11.9 Å². The molecule has 0 saturated carbocycles. The monoisotopic (exact) mass is 345 g/mol. The number of halogens is 4. The zero-order valence-corrected chi connectivity index (χ0v) is 12.0. The minimum Gasteiger partial charge on any atom is -0.481 e. The predicted molar refractivity (Wildman–Crippen MR) is 72.4 cm³/mol. The van der Waals surface area contributed by atoms with Gasteiger partial charge in [0.05, 0.1) is 17.4 Å². The van der Waals surface area contributed by atoms with E-state index in [2.05, 4.69) is 5.32 Å². The molecule has 0 radical (unpaired) electrons. The summed E-state index contributed by atoms with van der Waals surface area (Å²) in [6, 6.07) is 3.78. The highest BCUT2D eigenvalue weighted by molar-refractivity contribution is 5.90. The van der Waals surface area contributed by atoms with Gasteiger partial charge in [0.15, 0.2) is 0 Å². The number of amides is 2. The molecule has 1 aliphatic rings. The molecule has 1 aromatic carbocycles. The van der Waals surface area contributed by atoms with Crippen molar-refractivity contribution in [3.05, 3.63) is 29.6 Å². The number of benzene rings is 1. The van der Waals surface area contributed by atoms with Crippen molar-refractivity contribution in [3.63, 3.8) is 0 Å². The highest BCUT2D eigenvalue weighted by atomic mass is 19.4. The van der Waals surface area contributed by atoms with Crippen molar-refractivity contribution < 1.29 is 32.3 Å². The molecule has 6 nitrogen and oxygen atoms in total. The maximum atomic E-state index is 13.5. The summed E-state index contributed by atoms with van der Waals surface area (Å²) in [7, 11) is 0. The van der Waals surface area contributed by atoms with Gasteiger partial charge in [0, 0.05) is 18.8 Å². The third-order valence-electron chi connectivity index (χ3n) is 3.69. The van der Waals surface area contributed by atoms with E-state index in [0.717, 1.165) is 12.1 Å². The van der Waals surface area contributed by atoms with Crippen LogP contribution in [0.15, 0.2) is 18.2 Å². The van der Waals surface area contributed by atoms with Crippen LogP contribution in [0.2, 0.25) is 0 Å². The molecular weight excluding hydrogens is 334 g/mol. The zero-order valence-electron chi connectivity index (χ0n) is 12.0. The van der Waals surface area contributed by atoms with Crippen LogP contribution in [-0.2, 0) is 4.79 Å². The number of hydrogen-bond donors (Lipinski definition) is 2. The number of nitriles is 1. The number of nitrogens with zero attached hydrogens (tertiary/aromatic N) is 2. The number of carbonyl (C=O) groups excluding carboxylic acids is 1. The summed E-state index contributed by atoms with van der Waals surface area (Å²) >= 11 is 0. The van der Waals surface area contributed by atoms with Gasteiger partial charge >= 0.3 is 18.2 Å². The van der Waals surface area contributed by atoms with Crippen molar-refractivity contribution in [1.82, 2.24) is 4.90 Å². The number of hydrogen-bond acceptors (Lipinski definition) is 3. The van der Waals surface area contributed by atoms with Gasteiger partial charge in [0.25, 0.3) is 0 Å². The number of aliphatic carboxylic acids is 1. The lowest BCUT2D eigenvalue weighted by Gasteiger charge is -2.18. The van der Waals surface area contributed by atoms with Gasteiger partial charge in [-0.3, -0.25) is 4.79 Å². The summed E-state index contributed by atoms with van der Waals surface area (Å²) in [6.07, 6.45) is -4.75. The molecule has 0 bridgehead atoms. The predicted octanol–water partition coefficient (Wildman–Crippen LogP) is 2.42. The van der Waals surface area contributed by atoms with Gasteiger partial charge in [-0.2, -0.15) is 18.4 Å². The number of alkyl halides is 3. The Morgan fingerprint density at radius 1 is 1.33 bits per heavy atom. The molecule has 1 heterocycles. The first-order chi connectivity index (χ1) is 11.1. The lowest BCUT2D eigenvalue weighted by Crippen LogP contribution is -2.35. The first-order valence-electron chi connectivity index (χ1n) is 6.68. The van der Waals surface area contributed by atoms with Gasteiger partial charge in [-0.05, 0) is 18.2 Å². The molecule has 0 aromatic heterocycles. The average Bonchev–Trinajstić information content (AvgIpc) is 2.93. The number of carbonyl (C=O) groups is 2. The Morgan fingerprint density at radius 3 is 2.46 bits per heavy atom. The van der Waals surface area contributed by atoms with E-state index in [1.54, 1.807) is 6.07 Å². The minimum atomic E-state index is -4.75. The van der Waals surface area contributed by atoms with Crippen LogP contribution in [0.25, 0.3) is 0 Å². The van der Waals surface area contributed by atoms with Crippen LogP contribution >= 0.6 is 0 Å². The molecule has 1 aromatic rings.